The minimum absolute atomic E-state index is 0.0747. The molecule has 6 heteroatoms. The predicted molar refractivity (Wildman–Crippen MR) is 90.7 cm³/mol. The van der Waals surface area contributed by atoms with Gasteiger partial charge in [-0.15, -0.1) is 10.2 Å². The van der Waals surface area contributed by atoms with Gasteiger partial charge in [0.1, 0.15) is 5.82 Å². The SMILES string of the molecule is CN1CCC(c2nnc3n2CCN(C(=O)c2ccccc2)C3)CC1. The molecule has 0 radical (unpaired) electrons. The van der Waals surface area contributed by atoms with E-state index >= 15 is 0 Å². The van der Waals surface area contributed by atoms with E-state index in [0.29, 0.717) is 12.5 Å². The lowest BCUT2D eigenvalue weighted by Gasteiger charge is -2.31. The molecule has 0 spiro atoms. The Hall–Kier alpha value is -2.21. The van der Waals surface area contributed by atoms with E-state index in [1.165, 1.54) is 0 Å². The van der Waals surface area contributed by atoms with Crippen molar-refractivity contribution in [1.29, 1.82) is 0 Å². The number of aromatic nitrogens is 3. The van der Waals surface area contributed by atoms with Crippen molar-refractivity contribution in [2.45, 2.75) is 31.8 Å². The van der Waals surface area contributed by atoms with Crippen molar-refractivity contribution < 1.29 is 4.79 Å². The van der Waals surface area contributed by atoms with Gasteiger partial charge in [-0.2, -0.15) is 0 Å². The quantitative estimate of drug-likeness (QED) is 0.844. The van der Waals surface area contributed by atoms with Gasteiger partial charge in [-0.25, -0.2) is 0 Å². The highest BCUT2D eigenvalue weighted by atomic mass is 16.2. The predicted octanol–water partition coefficient (Wildman–Crippen LogP) is 1.74. The minimum atomic E-state index is 0.0747. The highest BCUT2D eigenvalue weighted by Gasteiger charge is 2.29. The zero-order chi connectivity index (χ0) is 16.5. The molecule has 1 aromatic heterocycles. The average Bonchev–Trinajstić information content (AvgIpc) is 3.05. The number of fused-ring (bicyclic) bond motifs is 1. The molecule has 24 heavy (non-hydrogen) atoms. The fraction of sp³-hybridized carbons (Fsp3) is 0.500. The summed E-state index contributed by atoms with van der Waals surface area (Å²) in [6, 6.07) is 9.46. The summed E-state index contributed by atoms with van der Waals surface area (Å²) in [6.07, 6.45) is 2.28. The number of carbonyl (C=O) groups excluding carboxylic acids is 1. The molecule has 0 unspecified atom stereocenters. The molecule has 6 nitrogen and oxygen atoms in total. The van der Waals surface area contributed by atoms with Gasteiger partial charge < -0.3 is 14.4 Å². The summed E-state index contributed by atoms with van der Waals surface area (Å²) in [5, 5.41) is 8.85. The molecule has 0 aliphatic carbocycles. The Labute approximate surface area is 142 Å². The second-order valence-electron chi connectivity index (χ2n) is 6.80. The Morgan fingerprint density at radius 1 is 1.04 bits per heavy atom. The van der Waals surface area contributed by atoms with Gasteiger partial charge in [-0.3, -0.25) is 4.79 Å². The van der Waals surface area contributed by atoms with Crippen LogP contribution < -0.4 is 0 Å². The van der Waals surface area contributed by atoms with Gasteiger partial charge in [0.15, 0.2) is 5.82 Å². The van der Waals surface area contributed by atoms with Crippen molar-refractivity contribution in [2.24, 2.45) is 0 Å². The van der Waals surface area contributed by atoms with Gasteiger partial charge in [0.05, 0.1) is 6.54 Å². The van der Waals surface area contributed by atoms with Crippen LogP contribution in [0.15, 0.2) is 30.3 Å². The Bertz CT molecular complexity index is 718. The first-order valence-electron chi connectivity index (χ1n) is 8.67. The summed E-state index contributed by atoms with van der Waals surface area (Å²) < 4.78 is 2.24. The molecular weight excluding hydrogens is 302 g/mol. The van der Waals surface area contributed by atoms with E-state index in [-0.39, 0.29) is 5.91 Å². The van der Waals surface area contributed by atoms with Crippen LogP contribution in [0, 0.1) is 0 Å². The summed E-state index contributed by atoms with van der Waals surface area (Å²) in [7, 11) is 2.17. The van der Waals surface area contributed by atoms with Crippen molar-refractivity contribution in [2.75, 3.05) is 26.7 Å². The first kappa shape index (κ1) is 15.3. The van der Waals surface area contributed by atoms with Crippen molar-refractivity contribution in [3.05, 3.63) is 47.5 Å². The summed E-state index contributed by atoms with van der Waals surface area (Å²) in [5.74, 6) is 2.61. The first-order valence-corrected chi connectivity index (χ1v) is 8.67. The lowest BCUT2D eigenvalue weighted by Crippen LogP contribution is -2.39. The standard InChI is InChI=1S/C18H23N5O/c1-21-9-7-14(8-10-21)17-20-19-16-13-22(11-12-23(16)17)18(24)15-5-3-2-4-6-15/h2-6,14H,7-13H2,1H3. The number of amides is 1. The van der Waals surface area contributed by atoms with Crippen LogP contribution in [0.4, 0.5) is 0 Å². The molecule has 3 heterocycles. The van der Waals surface area contributed by atoms with Gasteiger partial charge in [0.2, 0.25) is 0 Å². The average molecular weight is 325 g/mol. The van der Waals surface area contributed by atoms with E-state index in [1.807, 2.05) is 35.2 Å². The molecule has 1 amide bonds. The molecule has 126 valence electrons. The molecule has 1 fully saturated rings. The molecular formula is C18H23N5O. The zero-order valence-corrected chi connectivity index (χ0v) is 14.1. The van der Waals surface area contributed by atoms with Crippen molar-refractivity contribution in [3.8, 4) is 0 Å². The van der Waals surface area contributed by atoms with Gasteiger partial charge in [0, 0.05) is 24.6 Å². The second kappa shape index (κ2) is 6.36. The topological polar surface area (TPSA) is 54.3 Å². The fourth-order valence-corrected chi connectivity index (χ4v) is 3.69. The number of nitrogens with zero attached hydrogens (tertiary/aromatic N) is 5. The molecule has 1 saturated heterocycles. The van der Waals surface area contributed by atoms with Gasteiger partial charge in [0.25, 0.3) is 5.91 Å². The van der Waals surface area contributed by atoms with Crippen LogP contribution in [0.2, 0.25) is 0 Å². The Morgan fingerprint density at radius 3 is 2.54 bits per heavy atom. The molecule has 2 aromatic rings. The van der Waals surface area contributed by atoms with Gasteiger partial charge >= 0.3 is 0 Å². The van der Waals surface area contributed by atoms with Crippen LogP contribution in [-0.4, -0.2) is 57.2 Å². The number of hydrogen-bond donors (Lipinski definition) is 0. The lowest BCUT2D eigenvalue weighted by molar-refractivity contribution is 0.0705. The fourth-order valence-electron chi connectivity index (χ4n) is 3.69. The number of hydrogen-bond acceptors (Lipinski definition) is 4. The van der Waals surface area contributed by atoms with E-state index in [0.717, 1.165) is 56.2 Å². The van der Waals surface area contributed by atoms with Crippen molar-refractivity contribution >= 4 is 5.91 Å². The van der Waals surface area contributed by atoms with Crippen LogP contribution in [0.25, 0.3) is 0 Å². The normalized spacial score (nSPS) is 19.3. The monoisotopic (exact) mass is 325 g/mol. The Morgan fingerprint density at radius 2 is 1.79 bits per heavy atom. The molecule has 2 aliphatic heterocycles. The van der Waals surface area contributed by atoms with E-state index < -0.39 is 0 Å². The van der Waals surface area contributed by atoms with E-state index in [1.54, 1.807) is 0 Å². The zero-order valence-electron chi connectivity index (χ0n) is 14.1. The molecule has 0 saturated carbocycles. The third-order valence-electron chi connectivity index (χ3n) is 5.17. The van der Waals surface area contributed by atoms with Crippen LogP contribution in [0.1, 0.15) is 40.8 Å². The highest BCUT2D eigenvalue weighted by Crippen LogP contribution is 2.28. The van der Waals surface area contributed by atoms with E-state index in [4.69, 9.17) is 0 Å². The largest absolute Gasteiger partial charge is 0.329 e. The number of benzene rings is 1. The van der Waals surface area contributed by atoms with E-state index in [9.17, 15) is 4.79 Å². The smallest absolute Gasteiger partial charge is 0.254 e. The second-order valence-corrected chi connectivity index (χ2v) is 6.80. The Kier molecular flexibility index (Phi) is 4.06. The minimum Gasteiger partial charge on any atom is -0.329 e. The summed E-state index contributed by atoms with van der Waals surface area (Å²) in [4.78, 5) is 16.9. The summed E-state index contributed by atoms with van der Waals surface area (Å²) >= 11 is 0. The third kappa shape index (κ3) is 2.82. The molecule has 0 atom stereocenters. The third-order valence-corrected chi connectivity index (χ3v) is 5.17. The lowest BCUT2D eigenvalue weighted by atomic mass is 9.96. The van der Waals surface area contributed by atoms with Crippen LogP contribution in [-0.2, 0) is 13.1 Å². The molecule has 0 N–H and O–H groups in total. The van der Waals surface area contributed by atoms with Gasteiger partial charge in [-0.05, 0) is 45.1 Å². The maximum Gasteiger partial charge on any atom is 0.254 e. The molecule has 2 aliphatic rings. The summed E-state index contributed by atoms with van der Waals surface area (Å²) in [5.41, 5.74) is 0.737. The van der Waals surface area contributed by atoms with Crippen LogP contribution in [0.3, 0.4) is 0 Å². The number of likely N-dealkylation sites (tertiary alicyclic amines) is 1. The number of piperidine rings is 1. The Balaban J connectivity index is 1.50. The molecule has 1 aromatic carbocycles. The molecule has 4 rings (SSSR count). The molecule has 0 bridgehead atoms. The number of rotatable bonds is 2. The van der Waals surface area contributed by atoms with Gasteiger partial charge in [-0.1, -0.05) is 18.2 Å². The van der Waals surface area contributed by atoms with E-state index in [2.05, 4.69) is 26.7 Å². The van der Waals surface area contributed by atoms with Crippen molar-refractivity contribution in [3.63, 3.8) is 0 Å². The first-order chi connectivity index (χ1) is 11.7. The van der Waals surface area contributed by atoms with Crippen LogP contribution in [0.5, 0.6) is 0 Å². The number of carbonyl (C=O) groups is 1. The maximum atomic E-state index is 12.6. The summed E-state index contributed by atoms with van der Waals surface area (Å²) in [6.45, 7) is 4.30. The van der Waals surface area contributed by atoms with Crippen LogP contribution >= 0.6 is 0 Å². The highest BCUT2D eigenvalue weighted by molar-refractivity contribution is 5.94. The maximum absolute atomic E-state index is 12.6. The van der Waals surface area contributed by atoms with Crippen molar-refractivity contribution in [1.82, 2.24) is 24.6 Å².